The highest BCUT2D eigenvalue weighted by atomic mass is 14.2. The Morgan fingerprint density at radius 2 is 1.45 bits per heavy atom. The Morgan fingerprint density at radius 3 is 1.95 bits per heavy atom. The Hall–Kier alpha value is -2.08. The van der Waals surface area contributed by atoms with Gasteiger partial charge in [-0.1, -0.05) is 105 Å². The molecule has 0 amide bonds. The van der Waals surface area contributed by atoms with Crippen LogP contribution in [0.3, 0.4) is 0 Å². The van der Waals surface area contributed by atoms with Crippen LogP contribution in [0.1, 0.15) is 43.2 Å². The van der Waals surface area contributed by atoms with E-state index in [1.165, 1.54) is 43.2 Å². The predicted molar refractivity (Wildman–Crippen MR) is 98.6 cm³/mol. The van der Waals surface area contributed by atoms with Gasteiger partial charge < -0.3 is 0 Å². The minimum absolute atomic E-state index is 1.08. The van der Waals surface area contributed by atoms with Crippen LogP contribution in [0.5, 0.6) is 0 Å². The number of hydrogen-bond donors (Lipinski definition) is 0. The third kappa shape index (κ3) is 7.08. The molecule has 0 bridgehead atoms. The summed E-state index contributed by atoms with van der Waals surface area (Å²) >= 11 is 0. The lowest BCUT2D eigenvalue weighted by Crippen LogP contribution is -1.75. The van der Waals surface area contributed by atoms with Gasteiger partial charge in [0.1, 0.15) is 0 Å². The Balaban J connectivity index is 0.000000188. The topological polar surface area (TPSA) is 0 Å². The van der Waals surface area contributed by atoms with Crippen molar-refractivity contribution < 1.29 is 0 Å². The molecule has 114 valence electrons. The molecule has 1 aliphatic rings. The molecule has 0 N–H and O–H groups in total. The van der Waals surface area contributed by atoms with Crippen LogP contribution in [0.2, 0.25) is 0 Å². The summed E-state index contributed by atoms with van der Waals surface area (Å²) in [5.41, 5.74) is 2.49. The lowest BCUT2D eigenvalue weighted by Gasteiger charge is -1.94. The highest BCUT2D eigenvalue weighted by Crippen LogP contribution is 2.33. The van der Waals surface area contributed by atoms with Crippen molar-refractivity contribution in [1.82, 2.24) is 0 Å². The largest absolute Gasteiger partial charge is 0.0985 e. The average Bonchev–Trinajstić information content (AvgIpc) is 3.41. The van der Waals surface area contributed by atoms with Crippen molar-refractivity contribution in [2.24, 2.45) is 5.92 Å². The maximum absolute atomic E-state index is 3.63. The molecule has 0 radical (unpaired) electrons. The number of hydrogen-bond acceptors (Lipinski definition) is 0. The van der Waals surface area contributed by atoms with E-state index in [2.05, 4.69) is 49.1 Å². The molecular weight excluding hydrogens is 264 g/mol. The lowest BCUT2D eigenvalue weighted by atomic mass is 10.1. The monoisotopic (exact) mass is 290 g/mol. The van der Waals surface area contributed by atoms with E-state index in [9.17, 15) is 0 Å². The summed E-state index contributed by atoms with van der Waals surface area (Å²) in [5.74, 6) is 1.08. The zero-order valence-corrected chi connectivity index (χ0v) is 13.3. The Bertz CT molecular complexity index is 547. The van der Waals surface area contributed by atoms with Crippen LogP contribution < -0.4 is 0 Å². The number of unbranched alkanes of at least 4 members (excludes halogenated alkanes) is 1. The third-order valence-corrected chi connectivity index (χ3v) is 3.83. The molecule has 2 aromatic carbocycles. The van der Waals surface area contributed by atoms with E-state index in [0.717, 1.165) is 5.92 Å². The molecule has 0 aromatic heterocycles. The second-order valence-electron chi connectivity index (χ2n) is 5.80. The molecule has 0 heteroatoms. The maximum atomic E-state index is 3.63. The molecule has 0 heterocycles. The van der Waals surface area contributed by atoms with Crippen molar-refractivity contribution in [3.05, 3.63) is 84.4 Å². The molecule has 0 spiro atoms. The first-order chi connectivity index (χ1) is 10.9. The molecule has 0 atom stereocenters. The first kappa shape index (κ1) is 16.3. The van der Waals surface area contributed by atoms with Gasteiger partial charge in [0.05, 0.1) is 0 Å². The molecule has 22 heavy (non-hydrogen) atoms. The normalized spacial score (nSPS) is 13.5. The van der Waals surface area contributed by atoms with Crippen LogP contribution in [0.4, 0.5) is 0 Å². The van der Waals surface area contributed by atoms with Gasteiger partial charge >= 0.3 is 0 Å². The van der Waals surface area contributed by atoms with Crippen LogP contribution in [0, 0.1) is 5.92 Å². The van der Waals surface area contributed by atoms with Crippen LogP contribution >= 0.6 is 0 Å². The second kappa shape index (κ2) is 9.78. The number of rotatable bonds is 6. The van der Waals surface area contributed by atoms with Gasteiger partial charge in [0.2, 0.25) is 0 Å². The van der Waals surface area contributed by atoms with Gasteiger partial charge in [-0.2, -0.15) is 0 Å². The molecular formula is C22H26. The van der Waals surface area contributed by atoms with Gasteiger partial charge in [0.25, 0.3) is 0 Å². The smallest absolute Gasteiger partial charge is 0.0260 e. The Kier molecular flexibility index (Phi) is 7.25. The van der Waals surface area contributed by atoms with Gasteiger partial charge in [0, 0.05) is 0 Å². The summed E-state index contributed by atoms with van der Waals surface area (Å²) in [4.78, 5) is 0. The van der Waals surface area contributed by atoms with Crippen molar-refractivity contribution in [2.45, 2.75) is 32.1 Å². The van der Waals surface area contributed by atoms with E-state index < -0.39 is 0 Å². The van der Waals surface area contributed by atoms with E-state index in [1.54, 1.807) is 0 Å². The second-order valence-corrected chi connectivity index (χ2v) is 5.80. The standard InChI is InChI=1S/C14H18.C8H8/c1-3-7-13(8-4-1)9-5-2-6-10-14-11-12-14;1-2-8-6-4-3-5-7-8/h1,3-5,7-9,14H,2,6,10-12H2;2-7H,1H2. The first-order valence-electron chi connectivity index (χ1n) is 8.27. The van der Waals surface area contributed by atoms with Crippen molar-refractivity contribution in [2.75, 3.05) is 0 Å². The van der Waals surface area contributed by atoms with Crippen LogP contribution in [-0.4, -0.2) is 0 Å². The fourth-order valence-corrected chi connectivity index (χ4v) is 2.30. The third-order valence-electron chi connectivity index (χ3n) is 3.83. The molecule has 1 aliphatic carbocycles. The van der Waals surface area contributed by atoms with E-state index in [1.807, 2.05) is 36.4 Å². The molecule has 3 rings (SSSR count). The van der Waals surface area contributed by atoms with E-state index >= 15 is 0 Å². The fraction of sp³-hybridized carbons (Fsp3) is 0.273. The zero-order chi connectivity index (χ0) is 15.5. The quantitative estimate of drug-likeness (QED) is 0.525. The molecule has 0 saturated heterocycles. The zero-order valence-electron chi connectivity index (χ0n) is 13.3. The van der Waals surface area contributed by atoms with Crippen molar-refractivity contribution in [1.29, 1.82) is 0 Å². The van der Waals surface area contributed by atoms with E-state index in [-0.39, 0.29) is 0 Å². The maximum Gasteiger partial charge on any atom is -0.0260 e. The van der Waals surface area contributed by atoms with Crippen molar-refractivity contribution in [3.63, 3.8) is 0 Å². The summed E-state index contributed by atoms with van der Waals surface area (Å²) in [6.07, 6.45) is 13.4. The van der Waals surface area contributed by atoms with Gasteiger partial charge in [0.15, 0.2) is 0 Å². The average molecular weight is 290 g/mol. The van der Waals surface area contributed by atoms with Gasteiger partial charge in [-0.05, 0) is 29.9 Å². The molecule has 0 nitrogen and oxygen atoms in total. The Morgan fingerprint density at radius 1 is 0.864 bits per heavy atom. The highest BCUT2D eigenvalue weighted by Gasteiger charge is 2.19. The molecule has 1 fully saturated rings. The summed E-state index contributed by atoms with van der Waals surface area (Å²) < 4.78 is 0. The molecule has 2 aromatic rings. The van der Waals surface area contributed by atoms with Crippen LogP contribution in [0.25, 0.3) is 12.2 Å². The highest BCUT2D eigenvalue weighted by molar-refractivity contribution is 5.48. The lowest BCUT2D eigenvalue weighted by molar-refractivity contribution is 0.676. The fourth-order valence-electron chi connectivity index (χ4n) is 2.30. The molecule has 0 aliphatic heterocycles. The number of benzene rings is 2. The van der Waals surface area contributed by atoms with Crippen molar-refractivity contribution >= 4 is 12.2 Å². The van der Waals surface area contributed by atoms with E-state index in [4.69, 9.17) is 0 Å². The summed E-state index contributed by atoms with van der Waals surface area (Å²) in [7, 11) is 0. The summed E-state index contributed by atoms with van der Waals surface area (Å²) in [6, 6.07) is 20.6. The van der Waals surface area contributed by atoms with Gasteiger partial charge in [-0.3, -0.25) is 0 Å². The summed E-state index contributed by atoms with van der Waals surface area (Å²) in [5, 5.41) is 0. The molecule has 1 saturated carbocycles. The Labute approximate surface area is 135 Å². The summed E-state index contributed by atoms with van der Waals surface area (Å²) in [6.45, 7) is 3.63. The van der Waals surface area contributed by atoms with E-state index in [0.29, 0.717) is 0 Å². The number of allylic oxidation sites excluding steroid dienone is 1. The van der Waals surface area contributed by atoms with Gasteiger partial charge in [-0.25, -0.2) is 0 Å². The SMILES string of the molecule is C(=Cc1ccccc1)CCCC1CC1.C=Cc1ccccc1. The predicted octanol–water partition coefficient (Wildman–Crippen LogP) is 6.61. The minimum atomic E-state index is 1.08. The van der Waals surface area contributed by atoms with Crippen LogP contribution in [0.15, 0.2) is 73.3 Å². The first-order valence-corrected chi connectivity index (χ1v) is 8.27. The van der Waals surface area contributed by atoms with Crippen LogP contribution in [-0.2, 0) is 0 Å². The molecule has 0 unspecified atom stereocenters. The van der Waals surface area contributed by atoms with Crippen molar-refractivity contribution in [3.8, 4) is 0 Å². The minimum Gasteiger partial charge on any atom is -0.0985 e. The van der Waals surface area contributed by atoms with Gasteiger partial charge in [-0.15, -0.1) is 0 Å².